The predicted octanol–water partition coefficient (Wildman–Crippen LogP) is 2.21. The molecule has 2 rings (SSSR count). The molecule has 0 aliphatic heterocycles. The van der Waals surface area contributed by atoms with Gasteiger partial charge in [-0.25, -0.2) is 4.98 Å². The van der Waals surface area contributed by atoms with E-state index in [1.165, 1.54) is 11.3 Å². The van der Waals surface area contributed by atoms with Crippen LogP contribution in [-0.4, -0.2) is 35.8 Å². The molecule has 1 N–H and O–H groups in total. The van der Waals surface area contributed by atoms with Crippen LogP contribution in [0.25, 0.3) is 0 Å². The molecule has 0 unspecified atom stereocenters. The van der Waals surface area contributed by atoms with E-state index in [0.29, 0.717) is 16.3 Å². The summed E-state index contributed by atoms with van der Waals surface area (Å²) in [6.45, 7) is 0.842. The number of ether oxygens (including phenoxy) is 1. The third-order valence-electron chi connectivity index (χ3n) is 3.22. The van der Waals surface area contributed by atoms with Crippen LogP contribution in [-0.2, 0) is 14.3 Å². The molecule has 26 heavy (non-hydrogen) atoms. The fourth-order valence-corrected chi connectivity index (χ4v) is 3.44. The van der Waals surface area contributed by atoms with Crippen LogP contribution in [0, 0.1) is 21.8 Å². The van der Waals surface area contributed by atoms with Crippen LogP contribution in [0.2, 0.25) is 0 Å². The number of rotatable bonds is 7. The maximum atomic E-state index is 12.1. The highest BCUT2D eigenvalue weighted by atomic mass is 127. The molecule has 0 aliphatic rings. The highest BCUT2D eigenvalue weighted by Gasteiger charge is 2.24. The van der Waals surface area contributed by atoms with Gasteiger partial charge in [0.25, 0.3) is 5.91 Å². The van der Waals surface area contributed by atoms with E-state index in [1.807, 2.05) is 28.7 Å². The van der Waals surface area contributed by atoms with E-state index in [4.69, 9.17) is 10.00 Å². The Balaban J connectivity index is 1.83. The summed E-state index contributed by atoms with van der Waals surface area (Å²) in [7, 11) is 0. The summed E-state index contributed by atoms with van der Waals surface area (Å²) in [4.78, 5) is 39.9. The van der Waals surface area contributed by atoms with Crippen LogP contribution in [0.15, 0.2) is 29.6 Å². The van der Waals surface area contributed by atoms with E-state index in [1.54, 1.807) is 36.6 Å². The van der Waals surface area contributed by atoms with Crippen LogP contribution < -0.4 is 5.32 Å². The number of hydrogen-bond donors (Lipinski definition) is 1. The summed E-state index contributed by atoms with van der Waals surface area (Å²) >= 11 is 3.22. The molecule has 0 bridgehead atoms. The van der Waals surface area contributed by atoms with E-state index >= 15 is 0 Å². The molecule has 0 aliphatic carbocycles. The first-order valence-corrected chi connectivity index (χ1v) is 9.41. The van der Waals surface area contributed by atoms with Gasteiger partial charge in [-0.15, -0.1) is 11.3 Å². The number of nitrogens with zero attached hydrogens (tertiary/aromatic N) is 2. The number of benzene rings is 1. The Bertz CT molecular complexity index is 875. The van der Waals surface area contributed by atoms with Crippen molar-refractivity contribution >= 4 is 51.6 Å². The van der Waals surface area contributed by atoms with Crippen molar-refractivity contribution in [2.75, 3.05) is 13.2 Å². The minimum Gasteiger partial charge on any atom is -0.456 e. The molecule has 0 spiro atoms. The molecule has 1 aromatic carbocycles. The third-order valence-corrected chi connectivity index (χ3v) is 5.19. The topological polar surface area (TPSA) is 109 Å². The summed E-state index contributed by atoms with van der Waals surface area (Å²) in [6.07, 6.45) is 0. The zero-order valence-electron chi connectivity index (χ0n) is 13.7. The zero-order chi connectivity index (χ0) is 19.1. The number of amides is 1. The van der Waals surface area contributed by atoms with Crippen molar-refractivity contribution in [1.29, 1.82) is 5.26 Å². The molecular formula is C17H14IN3O4S. The summed E-state index contributed by atoms with van der Waals surface area (Å²) in [5.41, 5.74) is 1.16. The third kappa shape index (κ3) is 5.34. The Morgan fingerprint density at radius 1 is 1.38 bits per heavy atom. The van der Waals surface area contributed by atoms with E-state index in [-0.39, 0.29) is 6.54 Å². The van der Waals surface area contributed by atoms with E-state index < -0.39 is 30.2 Å². The summed E-state index contributed by atoms with van der Waals surface area (Å²) in [5.74, 6) is -2.79. The first-order valence-electron chi connectivity index (χ1n) is 7.45. The Morgan fingerprint density at radius 2 is 2.12 bits per heavy atom. The van der Waals surface area contributed by atoms with Crippen molar-refractivity contribution in [3.8, 4) is 6.07 Å². The number of Topliss-reactive ketones (excluding diaryl/α,β-unsaturated/α-hetero) is 1. The van der Waals surface area contributed by atoms with Crippen LogP contribution in [0.3, 0.4) is 0 Å². The fraction of sp³-hybridized carbons (Fsp3) is 0.235. The number of carbonyl (C=O) groups is 3. The van der Waals surface area contributed by atoms with Crippen LogP contribution in [0.1, 0.15) is 27.0 Å². The van der Waals surface area contributed by atoms with Crippen molar-refractivity contribution in [3.05, 3.63) is 49.5 Å². The fourth-order valence-electron chi connectivity index (χ4n) is 1.95. The molecule has 0 saturated heterocycles. The van der Waals surface area contributed by atoms with Gasteiger partial charge in [0.15, 0.2) is 18.3 Å². The highest BCUT2D eigenvalue weighted by Crippen LogP contribution is 2.20. The van der Waals surface area contributed by atoms with Crippen molar-refractivity contribution < 1.29 is 19.1 Å². The van der Waals surface area contributed by atoms with Crippen molar-refractivity contribution in [2.45, 2.75) is 12.8 Å². The van der Waals surface area contributed by atoms with Gasteiger partial charge in [-0.05, 0) is 41.6 Å². The number of aromatic nitrogens is 1. The second-order valence-electron chi connectivity index (χ2n) is 5.18. The number of thiazole rings is 1. The monoisotopic (exact) mass is 483 g/mol. The van der Waals surface area contributed by atoms with Gasteiger partial charge >= 0.3 is 5.97 Å². The number of nitrogens with one attached hydrogen (secondary N) is 1. The standard InChI is InChI=1S/C17H14IN3O4S/c1-10-9-26-17(21-10)12(6-19)14(22)8-25-15(23)7-20-16(24)11-4-2-3-5-13(11)18/h2-5,9,12H,7-8H2,1H3,(H,20,24)/t12-/m1/s1. The largest absolute Gasteiger partial charge is 0.456 e. The molecule has 2 aromatic rings. The smallest absolute Gasteiger partial charge is 0.325 e. The summed E-state index contributed by atoms with van der Waals surface area (Å²) in [6, 6.07) is 8.80. The maximum absolute atomic E-state index is 12.1. The van der Waals surface area contributed by atoms with E-state index in [9.17, 15) is 14.4 Å². The van der Waals surface area contributed by atoms with Crippen LogP contribution in [0.5, 0.6) is 0 Å². The number of aryl methyl sites for hydroxylation is 1. The number of ketones is 1. The van der Waals surface area contributed by atoms with Gasteiger partial charge in [-0.3, -0.25) is 14.4 Å². The van der Waals surface area contributed by atoms with Crippen molar-refractivity contribution in [3.63, 3.8) is 0 Å². The quantitative estimate of drug-likeness (QED) is 0.478. The normalized spacial score (nSPS) is 11.3. The van der Waals surface area contributed by atoms with Crippen LogP contribution in [0.4, 0.5) is 0 Å². The molecule has 1 aromatic heterocycles. The predicted molar refractivity (Wildman–Crippen MR) is 103 cm³/mol. The second-order valence-corrected chi connectivity index (χ2v) is 7.23. The van der Waals surface area contributed by atoms with Gasteiger partial charge in [-0.1, -0.05) is 12.1 Å². The average Bonchev–Trinajstić information content (AvgIpc) is 3.05. The van der Waals surface area contributed by atoms with Gasteiger partial charge in [0.1, 0.15) is 11.6 Å². The number of halogens is 1. The Hall–Kier alpha value is -2.32. The number of carbonyl (C=O) groups excluding carboxylic acids is 3. The molecule has 9 heteroatoms. The molecule has 7 nitrogen and oxygen atoms in total. The second kappa shape index (κ2) is 9.40. The lowest BCUT2D eigenvalue weighted by Gasteiger charge is -2.08. The minimum atomic E-state index is -1.07. The molecule has 1 heterocycles. The van der Waals surface area contributed by atoms with Crippen molar-refractivity contribution in [1.82, 2.24) is 10.3 Å². The lowest BCUT2D eigenvalue weighted by Crippen LogP contribution is -2.32. The molecule has 0 radical (unpaired) electrons. The first-order chi connectivity index (χ1) is 12.4. The highest BCUT2D eigenvalue weighted by molar-refractivity contribution is 14.1. The minimum absolute atomic E-state index is 0.370. The van der Waals surface area contributed by atoms with Gasteiger partial charge in [0, 0.05) is 14.6 Å². The Labute approximate surface area is 167 Å². The van der Waals surface area contributed by atoms with Crippen LogP contribution >= 0.6 is 33.9 Å². The average molecular weight is 483 g/mol. The number of hydrogen-bond acceptors (Lipinski definition) is 7. The molecule has 134 valence electrons. The molecule has 0 saturated carbocycles. The van der Waals surface area contributed by atoms with Crippen molar-refractivity contribution in [2.24, 2.45) is 0 Å². The molecule has 1 atom stereocenters. The lowest BCUT2D eigenvalue weighted by molar-refractivity contribution is -0.146. The first kappa shape index (κ1) is 20.0. The number of nitriles is 1. The van der Waals surface area contributed by atoms with E-state index in [0.717, 1.165) is 3.57 Å². The van der Waals surface area contributed by atoms with Gasteiger partial charge in [-0.2, -0.15) is 5.26 Å². The lowest BCUT2D eigenvalue weighted by atomic mass is 10.1. The maximum Gasteiger partial charge on any atom is 0.325 e. The van der Waals surface area contributed by atoms with Gasteiger partial charge < -0.3 is 10.1 Å². The summed E-state index contributed by atoms with van der Waals surface area (Å²) < 4.78 is 5.60. The summed E-state index contributed by atoms with van der Waals surface area (Å²) in [5, 5.41) is 13.7. The number of esters is 1. The van der Waals surface area contributed by atoms with E-state index in [2.05, 4.69) is 10.3 Å². The molecule has 1 amide bonds. The van der Waals surface area contributed by atoms with Gasteiger partial charge in [0.05, 0.1) is 11.6 Å². The molecule has 0 fully saturated rings. The SMILES string of the molecule is Cc1csc([C@H](C#N)C(=O)COC(=O)CNC(=O)c2ccccc2I)n1. The Kier molecular flexibility index (Phi) is 7.23. The van der Waals surface area contributed by atoms with Gasteiger partial charge in [0.2, 0.25) is 0 Å². The zero-order valence-corrected chi connectivity index (χ0v) is 16.7. The Morgan fingerprint density at radius 3 is 2.73 bits per heavy atom. The molecular weight excluding hydrogens is 469 g/mol.